The van der Waals surface area contributed by atoms with Gasteiger partial charge in [0.1, 0.15) is 0 Å². The Morgan fingerprint density at radius 2 is 2.05 bits per heavy atom. The van der Waals surface area contributed by atoms with Crippen LogP contribution in [0.4, 0.5) is 5.69 Å². The van der Waals surface area contributed by atoms with E-state index in [9.17, 15) is 0 Å². The van der Waals surface area contributed by atoms with E-state index in [2.05, 4.69) is 32.9 Å². The average Bonchev–Trinajstić information content (AvgIpc) is 3.27. The van der Waals surface area contributed by atoms with Gasteiger partial charge in [-0.2, -0.15) is 0 Å². The summed E-state index contributed by atoms with van der Waals surface area (Å²) in [7, 11) is 0. The third-order valence-corrected chi connectivity index (χ3v) is 5.58. The summed E-state index contributed by atoms with van der Waals surface area (Å²) >= 11 is 0. The molecule has 1 N–H and O–H groups in total. The minimum absolute atomic E-state index is 0.679. The Balaban J connectivity index is 1.60. The number of fused-ring (bicyclic) bond motifs is 1. The first-order valence-corrected chi connectivity index (χ1v) is 8.56. The minimum atomic E-state index is 0.679. The monoisotopic (exact) mass is 293 g/mol. The van der Waals surface area contributed by atoms with Gasteiger partial charge in [0.05, 0.1) is 6.57 Å². The van der Waals surface area contributed by atoms with E-state index in [-0.39, 0.29) is 0 Å². The van der Waals surface area contributed by atoms with Gasteiger partial charge < -0.3 is 9.88 Å². The summed E-state index contributed by atoms with van der Waals surface area (Å²) in [6.07, 6.45) is 8.60. The van der Waals surface area contributed by atoms with E-state index in [0.29, 0.717) is 5.92 Å². The Morgan fingerprint density at radius 3 is 2.86 bits per heavy atom. The molecule has 1 aromatic heterocycles. The van der Waals surface area contributed by atoms with Crippen molar-refractivity contribution in [1.29, 1.82) is 0 Å². The van der Waals surface area contributed by atoms with Crippen molar-refractivity contribution < 1.29 is 0 Å². The van der Waals surface area contributed by atoms with Crippen molar-refractivity contribution in [2.75, 3.05) is 19.6 Å². The zero-order chi connectivity index (χ0) is 14.9. The van der Waals surface area contributed by atoms with Crippen molar-refractivity contribution in [1.82, 2.24) is 9.88 Å². The van der Waals surface area contributed by atoms with Crippen molar-refractivity contribution >= 4 is 16.6 Å². The van der Waals surface area contributed by atoms with Crippen LogP contribution in [0, 0.1) is 12.5 Å². The fourth-order valence-electron chi connectivity index (χ4n) is 4.44. The summed E-state index contributed by atoms with van der Waals surface area (Å²) in [6, 6.07) is 6.70. The molecule has 0 amide bonds. The highest BCUT2D eigenvalue weighted by Gasteiger charge is 2.30. The van der Waals surface area contributed by atoms with Crippen LogP contribution in [0.3, 0.4) is 0 Å². The van der Waals surface area contributed by atoms with Gasteiger partial charge in [-0.3, -0.25) is 0 Å². The van der Waals surface area contributed by atoms with E-state index in [0.717, 1.165) is 22.5 Å². The predicted octanol–water partition coefficient (Wildman–Crippen LogP) is 4.70. The predicted molar refractivity (Wildman–Crippen MR) is 90.3 cm³/mol. The highest BCUT2D eigenvalue weighted by Crippen LogP contribution is 2.42. The van der Waals surface area contributed by atoms with Gasteiger partial charge in [0, 0.05) is 23.6 Å². The van der Waals surface area contributed by atoms with Gasteiger partial charge in [0.2, 0.25) is 5.69 Å². The molecule has 2 heterocycles. The summed E-state index contributed by atoms with van der Waals surface area (Å²) in [6.45, 7) is 11.2. The molecule has 2 atom stereocenters. The second-order valence-corrected chi connectivity index (χ2v) is 6.90. The smallest absolute Gasteiger partial charge is 0.211 e. The van der Waals surface area contributed by atoms with Crippen LogP contribution in [0.5, 0.6) is 0 Å². The largest absolute Gasteiger partial charge is 0.372 e. The van der Waals surface area contributed by atoms with Crippen molar-refractivity contribution in [2.45, 2.75) is 38.0 Å². The lowest BCUT2D eigenvalue weighted by Crippen LogP contribution is -2.27. The lowest BCUT2D eigenvalue weighted by atomic mass is 9.88. The van der Waals surface area contributed by atoms with Gasteiger partial charge in [0.25, 0.3) is 0 Å². The van der Waals surface area contributed by atoms with Crippen molar-refractivity contribution in [3.8, 4) is 0 Å². The normalized spacial score (nSPS) is 25.8. The average molecular weight is 293 g/mol. The third kappa shape index (κ3) is 2.42. The number of benzene rings is 1. The summed E-state index contributed by atoms with van der Waals surface area (Å²) in [4.78, 5) is 9.50. The number of H-pyrrole nitrogens is 1. The van der Waals surface area contributed by atoms with Gasteiger partial charge >= 0.3 is 0 Å². The standard InChI is InChI=1S/C19H23N3/c1-20-19-12-21-18-8-7-14(11-17(18)19)16-6-4-5-15(16)13-22-9-2-3-10-22/h7-8,11-12,15-16,21H,2-6,9-10,13H2. The molecule has 2 aliphatic rings. The molecule has 1 aliphatic carbocycles. The van der Waals surface area contributed by atoms with E-state index >= 15 is 0 Å². The van der Waals surface area contributed by atoms with Crippen LogP contribution in [-0.2, 0) is 0 Å². The van der Waals surface area contributed by atoms with E-state index in [1.165, 1.54) is 57.3 Å². The Kier molecular flexibility index (Phi) is 3.63. The highest BCUT2D eigenvalue weighted by atomic mass is 15.1. The van der Waals surface area contributed by atoms with Crippen LogP contribution in [0.15, 0.2) is 24.4 Å². The van der Waals surface area contributed by atoms with Gasteiger partial charge in [-0.05, 0) is 62.2 Å². The number of aromatic nitrogens is 1. The molecule has 0 radical (unpaired) electrons. The van der Waals surface area contributed by atoms with Crippen LogP contribution in [-0.4, -0.2) is 29.5 Å². The number of nitrogens with one attached hydrogen (secondary N) is 1. The molecule has 0 spiro atoms. The third-order valence-electron chi connectivity index (χ3n) is 5.58. The zero-order valence-corrected chi connectivity index (χ0v) is 13.0. The van der Waals surface area contributed by atoms with Crippen molar-refractivity contribution in [2.24, 2.45) is 5.92 Å². The van der Waals surface area contributed by atoms with Crippen molar-refractivity contribution in [3.05, 3.63) is 41.4 Å². The van der Waals surface area contributed by atoms with Gasteiger partial charge in [0.15, 0.2) is 0 Å². The second-order valence-electron chi connectivity index (χ2n) is 6.90. The first-order chi connectivity index (χ1) is 10.8. The quantitative estimate of drug-likeness (QED) is 0.815. The molecule has 2 fully saturated rings. The number of likely N-dealkylation sites (tertiary alicyclic amines) is 1. The maximum absolute atomic E-state index is 7.31. The van der Waals surface area contributed by atoms with Crippen LogP contribution in [0.1, 0.15) is 43.6 Å². The number of aromatic amines is 1. The molecule has 3 nitrogen and oxygen atoms in total. The fraction of sp³-hybridized carbons (Fsp3) is 0.526. The van der Waals surface area contributed by atoms with Crippen LogP contribution >= 0.6 is 0 Å². The molecule has 1 saturated heterocycles. The topological polar surface area (TPSA) is 23.4 Å². The molecular formula is C19H23N3. The van der Waals surface area contributed by atoms with Gasteiger partial charge in [-0.25, -0.2) is 4.85 Å². The maximum Gasteiger partial charge on any atom is 0.211 e. The highest BCUT2D eigenvalue weighted by molar-refractivity contribution is 5.93. The molecular weight excluding hydrogens is 270 g/mol. The number of rotatable bonds is 3. The van der Waals surface area contributed by atoms with Crippen LogP contribution < -0.4 is 0 Å². The first kappa shape index (κ1) is 13.8. The fourth-order valence-corrected chi connectivity index (χ4v) is 4.44. The summed E-state index contributed by atoms with van der Waals surface area (Å²) in [5.41, 5.74) is 3.29. The van der Waals surface area contributed by atoms with Crippen molar-refractivity contribution in [3.63, 3.8) is 0 Å². The SMILES string of the molecule is [C-]#[N+]c1c[nH]c2ccc(C3CCCC3CN3CCCC3)cc12. The molecule has 1 saturated carbocycles. The zero-order valence-electron chi connectivity index (χ0n) is 13.0. The number of nitrogens with zero attached hydrogens (tertiary/aromatic N) is 2. The summed E-state index contributed by atoms with van der Waals surface area (Å²) < 4.78 is 0. The Hall–Kier alpha value is -1.79. The van der Waals surface area contributed by atoms with E-state index in [1.54, 1.807) is 0 Å². The van der Waals surface area contributed by atoms with E-state index < -0.39 is 0 Å². The number of hydrogen-bond acceptors (Lipinski definition) is 1. The molecule has 22 heavy (non-hydrogen) atoms. The molecule has 2 aromatic rings. The minimum Gasteiger partial charge on any atom is -0.372 e. The Labute approximate surface area is 132 Å². The molecule has 1 aliphatic heterocycles. The summed E-state index contributed by atoms with van der Waals surface area (Å²) in [5.74, 6) is 1.48. The number of hydrogen-bond donors (Lipinski definition) is 1. The molecule has 1 aromatic carbocycles. The van der Waals surface area contributed by atoms with Crippen LogP contribution in [0.2, 0.25) is 0 Å². The first-order valence-electron chi connectivity index (χ1n) is 8.56. The van der Waals surface area contributed by atoms with Gasteiger partial charge in [-0.1, -0.05) is 18.6 Å². The second kappa shape index (κ2) is 5.78. The molecule has 3 heteroatoms. The molecule has 0 bridgehead atoms. The van der Waals surface area contributed by atoms with E-state index in [1.807, 2.05) is 6.20 Å². The lowest BCUT2D eigenvalue weighted by Gasteiger charge is -2.25. The summed E-state index contributed by atoms with van der Waals surface area (Å²) in [5, 5.41) is 1.10. The maximum atomic E-state index is 7.31. The lowest BCUT2D eigenvalue weighted by molar-refractivity contribution is 0.267. The Morgan fingerprint density at radius 1 is 1.18 bits per heavy atom. The Bertz CT molecular complexity index is 703. The molecule has 114 valence electrons. The molecule has 2 unspecified atom stereocenters. The van der Waals surface area contributed by atoms with E-state index in [4.69, 9.17) is 6.57 Å². The van der Waals surface area contributed by atoms with Crippen LogP contribution in [0.25, 0.3) is 15.7 Å². The molecule has 4 rings (SSSR count). The van der Waals surface area contributed by atoms with Gasteiger partial charge in [-0.15, -0.1) is 0 Å².